The number of nitrogens with two attached hydrogens (primary N) is 1. The van der Waals surface area contributed by atoms with Crippen molar-refractivity contribution in [1.29, 1.82) is 0 Å². The van der Waals surface area contributed by atoms with Crippen LogP contribution in [0.4, 0.5) is 5.69 Å². The van der Waals surface area contributed by atoms with Crippen molar-refractivity contribution in [2.45, 2.75) is 39.2 Å². The highest BCUT2D eigenvalue weighted by atomic mass is 16.5. The van der Waals surface area contributed by atoms with Crippen molar-refractivity contribution < 1.29 is 9.53 Å². The summed E-state index contributed by atoms with van der Waals surface area (Å²) in [5.41, 5.74) is 6.85. The van der Waals surface area contributed by atoms with E-state index in [0.717, 1.165) is 6.42 Å². The maximum atomic E-state index is 12.5. The molecule has 110 valence electrons. The van der Waals surface area contributed by atoms with Gasteiger partial charge in [-0.25, -0.2) is 0 Å². The highest BCUT2D eigenvalue weighted by Crippen LogP contribution is 2.30. The summed E-state index contributed by atoms with van der Waals surface area (Å²) in [4.78, 5) is 12.5. The van der Waals surface area contributed by atoms with Crippen molar-refractivity contribution >= 4 is 11.6 Å². The summed E-state index contributed by atoms with van der Waals surface area (Å²) in [5.74, 6) is 1.62. The molecule has 0 radical (unpaired) electrons. The van der Waals surface area contributed by atoms with Crippen molar-refractivity contribution in [3.05, 3.63) is 23.8 Å². The number of methoxy groups -OCH3 is 1. The second-order valence-corrected chi connectivity index (χ2v) is 5.81. The van der Waals surface area contributed by atoms with Gasteiger partial charge in [0.15, 0.2) is 0 Å². The van der Waals surface area contributed by atoms with Crippen LogP contribution in [0.25, 0.3) is 0 Å². The minimum atomic E-state index is -0.0971. The molecule has 0 bridgehead atoms. The average molecular weight is 276 g/mol. The van der Waals surface area contributed by atoms with Crippen LogP contribution in [0.2, 0.25) is 0 Å². The summed E-state index contributed by atoms with van der Waals surface area (Å²) in [6.07, 6.45) is 3.46. The van der Waals surface area contributed by atoms with Crippen LogP contribution in [-0.2, 0) is 0 Å². The molecule has 0 saturated heterocycles. The Kier molecular flexibility index (Phi) is 4.53. The first kappa shape index (κ1) is 14.7. The van der Waals surface area contributed by atoms with Gasteiger partial charge < -0.3 is 15.8 Å². The van der Waals surface area contributed by atoms with Gasteiger partial charge in [-0.05, 0) is 36.5 Å². The lowest BCUT2D eigenvalue weighted by atomic mass is 9.78. The van der Waals surface area contributed by atoms with Crippen LogP contribution in [0.15, 0.2) is 18.2 Å². The van der Waals surface area contributed by atoms with Gasteiger partial charge in [-0.1, -0.05) is 26.7 Å². The molecule has 0 aliphatic heterocycles. The van der Waals surface area contributed by atoms with Crippen molar-refractivity contribution in [2.75, 3.05) is 12.8 Å². The predicted molar refractivity (Wildman–Crippen MR) is 80.8 cm³/mol. The standard InChI is InChI=1S/C16H24N2O2/c1-10-5-4-6-14(11(10)2)18-16(19)13-9-12(17)7-8-15(13)20-3/h7-11,14H,4-6,17H2,1-3H3,(H,18,19). The second-order valence-electron chi connectivity index (χ2n) is 5.81. The summed E-state index contributed by atoms with van der Waals surface area (Å²) in [7, 11) is 1.56. The Hall–Kier alpha value is -1.71. The second kappa shape index (κ2) is 6.16. The Morgan fingerprint density at radius 1 is 1.35 bits per heavy atom. The molecule has 3 unspecified atom stereocenters. The van der Waals surface area contributed by atoms with Gasteiger partial charge in [0.25, 0.3) is 5.91 Å². The summed E-state index contributed by atoms with van der Waals surface area (Å²) in [6, 6.07) is 5.38. The molecule has 1 aliphatic carbocycles. The molecule has 4 heteroatoms. The number of anilines is 1. The topological polar surface area (TPSA) is 64.3 Å². The molecule has 1 aromatic rings. The van der Waals surface area contributed by atoms with E-state index in [1.54, 1.807) is 25.3 Å². The molecule has 3 N–H and O–H groups in total. The Balaban J connectivity index is 2.13. The molecular weight excluding hydrogens is 252 g/mol. The van der Waals surface area contributed by atoms with Gasteiger partial charge in [0.2, 0.25) is 0 Å². The normalized spacial score (nSPS) is 26.1. The maximum Gasteiger partial charge on any atom is 0.255 e. The minimum Gasteiger partial charge on any atom is -0.496 e. The molecule has 1 fully saturated rings. The number of benzene rings is 1. The predicted octanol–water partition coefficient (Wildman–Crippen LogP) is 2.83. The molecule has 1 aromatic carbocycles. The van der Waals surface area contributed by atoms with E-state index in [0.29, 0.717) is 28.8 Å². The van der Waals surface area contributed by atoms with E-state index in [1.165, 1.54) is 12.8 Å². The van der Waals surface area contributed by atoms with Gasteiger partial charge in [0.05, 0.1) is 12.7 Å². The Morgan fingerprint density at radius 3 is 2.80 bits per heavy atom. The van der Waals surface area contributed by atoms with Gasteiger partial charge >= 0.3 is 0 Å². The van der Waals surface area contributed by atoms with Crippen molar-refractivity contribution in [3.63, 3.8) is 0 Å². The van der Waals surface area contributed by atoms with E-state index in [1.807, 2.05) is 0 Å². The van der Waals surface area contributed by atoms with Crippen LogP contribution in [-0.4, -0.2) is 19.1 Å². The number of rotatable bonds is 3. The number of hydrogen-bond acceptors (Lipinski definition) is 3. The van der Waals surface area contributed by atoms with Gasteiger partial charge in [-0.2, -0.15) is 0 Å². The Bertz CT molecular complexity index is 487. The minimum absolute atomic E-state index is 0.0971. The van der Waals surface area contributed by atoms with Crippen molar-refractivity contribution in [1.82, 2.24) is 5.32 Å². The SMILES string of the molecule is COc1ccc(N)cc1C(=O)NC1CCCC(C)C1C. The van der Waals surface area contributed by atoms with Gasteiger partial charge in [-0.3, -0.25) is 4.79 Å². The van der Waals surface area contributed by atoms with Crippen LogP contribution in [0.5, 0.6) is 5.75 Å². The van der Waals surface area contributed by atoms with E-state index in [9.17, 15) is 4.79 Å². The zero-order valence-corrected chi connectivity index (χ0v) is 12.5. The fourth-order valence-corrected chi connectivity index (χ4v) is 2.93. The molecule has 3 atom stereocenters. The molecular formula is C16H24N2O2. The zero-order valence-electron chi connectivity index (χ0n) is 12.5. The van der Waals surface area contributed by atoms with Crippen LogP contribution in [0.1, 0.15) is 43.5 Å². The first-order valence-corrected chi connectivity index (χ1v) is 7.27. The summed E-state index contributed by atoms with van der Waals surface area (Å²) in [6.45, 7) is 4.47. The number of ether oxygens (including phenoxy) is 1. The third-order valence-corrected chi connectivity index (χ3v) is 4.49. The lowest BCUT2D eigenvalue weighted by Gasteiger charge is -2.34. The fourth-order valence-electron chi connectivity index (χ4n) is 2.93. The summed E-state index contributed by atoms with van der Waals surface area (Å²) in [5, 5.41) is 3.14. The monoisotopic (exact) mass is 276 g/mol. The molecule has 0 heterocycles. The Labute approximate surface area is 120 Å². The third kappa shape index (κ3) is 3.06. The molecule has 1 saturated carbocycles. The van der Waals surface area contributed by atoms with Gasteiger partial charge in [0, 0.05) is 11.7 Å². The molecule has 1 amide bonds. The third-order valence-electron chi connectivity index (χ3n) is 4.49. The highest BCUT2D eigenvalue weighted by molar-refractivity contribution is 5.98. The number of nitrogen functional groups attached to an aromatic ring is 1. The summed E-state index contributed by atoms with van der Waals surface area (Å²) >= 11 is 0. The van der Waals surface area contributed by atoms with Crippen LogP contribution < -0.4 is 15.8 Å². The van der Waals surface area contributed by atoms with E-state index < -0.39 is 0 Å². The number of amides is 1. The zero-order chi connectivity index (χ0) is 14.7. The number of carbonyl (C=O) groups is 1. The van der Waals surface area contributed by atoms with Crippen LogP contribution in [0.3, 0.4) is 0 Å². The Morgan fingerprint density at radius 2 is 2.10 bits per heavy atom. The van der Waals surface area contributed by atoms with E-state index >= 15 is 0 Å². The fraction of sp³-hybridized carbons (Fsp3) is 0.562. The largest absolute Gasteiger partial charge is 0.496 e. The molecule has 4 nitrogen and oxygen atoms in total. The van der Waals surface area contributed by atoms with Crippen LogP contribution >= 0.6 is 0 Å². The number of nitrogens with one attached hydrogen (secondary N) is 1. The first-order valence-electron chi connectivity index (χ1n) is 7.27. The van der Waals surface area contributed by atoms with E-state index in [-0.39, 0.29) is 11.9 Å². The van der Waals surface area contributed by atoms with Crippen molar-refractivity contribution in [2.24, 2.45) is 11.8 Å². The smallest absolute Gasteiger partial charge is 0.255 e. The van der Waals surface area contributed by atoms with Gasteiger partial charge in [-0.15, -0.1) is 0 Å². The molecule has 1 aliphatic rings. The van der Waals surface area contributed by atoms with Crippen LogP contribution in [0, 0.1) is 11.8 Å². The quantitative estimate of drug-likeness (QED) is 0.834. The molecule has 0 aromatic heterocycles. The van der Waals surface area contributed by atoms with E-state index in [2.05, 4.69) is 19.2 Å². The maximum absolute atomic E-state index is 12.5. The lowest BCUT2D eigenvalue weighted by Crippen LogP contribution is -2.43. The molecule has 20 heavy (non-hydrogen) atoms. The van der Waals surface area contributed by atoms with E-state index in [4.69, 9.17) is 10.5 Å². The highest BCUT2D eigenvalue weighted by Gasteiger charge is 2.29. The number of hydrogen-bond donors (Lipinski definition) is 2. The lowest BCUT2D eigenvalue weighted by molar-refractivity contribution is 0.0888. The number of carbonyl (C=O) groups excluding carboxylic acids is 1. The van der Waals surface area contributed by atoms with Crippen molar-refractivity contribution in [3.8, 4) is 5.75 Å². The summed E-state index contributed by atoms with van der Waals surface area (Å²) < 4.78 is 5.24. The van der Waals surface area contributed by atoms with Gasteiger partial charge in [0.1, 0.15) is 5.75 Å². The first-order chi connectivity index (χ1) is 9.52. The molecule has 0 spiro atoms. The average Bonchev–Trinajstić information content (AvgIpc) is 2.43. The molecule has 2 rings (SSSR count).